The molecule has 0 bridgehead atoms. The molecular formula is C13H18N4. The highest BCUT2D eigenvalue weighted by atomic mass is 15.3. The van der Waals surface area contributed by atoms with E-state index in [1.54, 1.807) is 0 Å². The molecule has 0 radical (unpaired) electrons. The Hall–Kier alpha value is -1.58. The third kappa shape index (κ3) is 1.99. The summed E-state index contributed by atoms with van der Waals surface area (Å²) in [6.07, 6.45) is 5.81. The monoisotopic (exact) mass is 230 g/mol. The number of hydrogen-bond donors (Lipinski definition) is 1. The van der Waals surface area contributed by atoms with Crippen molar-refractivity contribution in [2.75, 3.05) is 5.32 Å². The molecule has 2 heterocycles. The summed E-state index contributed by atoms with van der Waals surface area (Å²) in [5, 5.41) is 7.90. The van der Waals surface area contributed by atoms with E-state index in [-0.39, 0.29) is 0 Å². The quantitative estimate of drug-likeness (QED) is 0.862. The van der Waals surface area contributed by atoms with Gasteiger partial charge in [0.25, 0.3) is 0 Å². The number of nitrogens with zero attached hydrogens (tertiary/aromatic N) is 3. The van der Waals surface area contributed by atoms with E-state index in [0.29, 0.717) is 6.04 Å². The number of nitrogens with one attached hydrogen (secondary N) is 1. The zero-order chi connectivity index (χ0) is 11.8. The lowest BCUT2D eigenvalue weighted by atomic mass is 10.1. The van der Waals surface area contributed by atoms with Crippen molar-refractivity contribution in [3.63, 3.8) is 0 Å². The van der Waals surface area contributed by atoms with Gasteiger partial charge >= 0.3 is 0 Å². The van der Waals surface area contributed by atoms with Gasteiger partial charge in [0.15, 0.2) is 5.65 Å². The van der Waals surface area contributed by atoms with Crippen molar-refractivity contribution in [3.8, 4) is 0 Å². The van der Waals surface area contributed by atoms with Crippen molar-refractivity contribution in [1.82, 2.24) is 14.6 Å². The van der Waals surface area contributed by atoms with Crippen molar-refractivity contribution in [2.24, 2.45) is 5.92 Å². The molecule has 0 aromatic carbocycles. The van der Waals surface area contributed by atoms with Gasteiger partial charge in [-0.3, -0.25) is 0 Å². The number of rotatable bonds is 2. The van der Waals surface area contributed by atoms with Crippen molar-refractivity contribution in [1.29, 1.82) is 0 Å². The molecule has 1 aliphatic carbocycles. The van der Waals surface area contributed by atoms with Crippen molar-refractivity contribution >= 4 is 11.6 Å². The smallest absolute Gasteiger partial charge is 0.243 e. The highest BCUT2D eigenvalue weighted by molar-refractivity contribution is 5.45. The first-order valence-electron chi connectivity index (χ1n) is 6.32. The molecule has 0 amide bonds. The number of anilines is 1. The van der Waals surface area contributed by atoms with E-state index in [2.05, 4.69) is 35.3 Å². The van der Waals surface area contributed by atoms with E-state index in [4.69, 9.17) is 0 Å². The van der Waals surface area contributed by atoms with Crippen LogP contribution in [-0.4, -0.2) is 20.6 Å². The molecule has 90 valence electrons. The molecule has 2 unspecified atom stereocenters. The van der Waals surface area contributed by atoms with E-state index in [1.165, 1.54) is 24.8 Å². The zero-order valence-electron chi connectivity index (χ0n) is 10.3. The summed E-state index contributed by atoms with van der Waals surface area (Å²) in [5.74, 6) is 1.48. The largest absolute Gasteiger partial charge is 0.350 e. The molecule has 1 saturated carbocycles. The van der Waals surface area contributed by atoms with Gasteiger partial charge in [-0.25, -0.2) is 4.52 Å². The van der Waals surface area contributed by atoms with Gasteiger partial charge in [-0.15, -0.1) is 5.10 Å². The van der Waals surface area contributed by atoms with E-state index < -0.39 is 0 Å². The van der Waals surface area contributed by atoms with Crippen molar-refractivity contribution < 1.29 is 0 Å². The molecule has 0 spiro atoms. The lowest BCUT2D eigenvalue weighted by Crippen LogP contribution is -2.22. The Bertz CT molecular complexity index is 531. The van der Waals surface area contributed by atoms with Gasteiger partial charge in [-0.2, -0.15) is 4.98 Å². The lowest BCUT2D eigenvalue weighted by molar-refractivity contribution is 0.553. The number of pyridine rings is 1. The van der Waals surface area contributed by atoms with Crippen LogP contribution in [0.1, 0.15) is 31.7 Å². The maximum atomic E-state index is 4.51. The Morgan fingerprint density at radius 3 is 3.06 bits per heavy atom. The summed E-state index contributed by atoms with van der Waals surface area (Å²) in [6, 6.07) is 4.63. The fraction of sp³-hybridized carbons (Fsp3) is 0.538. The molecular weight excluding hydrogens is 212 g/mol. The predicted molar refractivity (Wildman–Crippen MR) is 68.1 cm³/mol. The first-order chi connectivity index (χ1) is 8.22. The number of fused-ring (bicyclic) bond motifs is 1. The second-order valence-corrected chi connectivity index (χ2v) is 5.10. The van der Waals surface area contributed by atoms with Crippen LogP contribution in [0.4, 0.5) is 5.95 Å². The highest BCUT2D eigenvalue weighted by Crippen LogP contribution is 2.27. The highest BCUT2D eigenvalue weighted by Gasteiger charge is 2.24. The van der Waals surface area contributed by atoms with E-state index in [0.717, 1.165) is 17.5 Å². The normalized spacial score (nSPS) is 24.4. The number of hydrogen-bond acceptors (Lipinski definition) is 3. The van der Waals surface area contributed by atoms with E-state index in [9.17, 15) is 0 Å². The second kappa shape index (κ2) is 4.02. The van der Waals surface area contributed by atoms with E-state index >= 15 is 0 Å². The molecule has 2 atom stereocenters. The third-order valence-electron chi connectivity index (χ3n) is 3.67. The summed E-state index contributed by atoms with van der Waals surface area (Å²) in [6.45, 7) is 4.37. The molecule has 1 fully saturated rings. The third-order valence-corrected chi connectivity index (χ3v) is 3.67. The van der Waals surface area contributed by atoms with Crippen LogP contribution in [0.2, 0.25) is 0 Å². The topological polar surface area (TPSA) is 42.2 Å². The molecule has 4 nitrogen and oxygen atoms in total. The SMILES string of the molecule is Cc1ccn2nc(NC3CCCC3C)nc2c1. The average Bonchev–Trinajstić information content (AvgIpc) is 2.85. The minimum Gasteiger partial charge on any atom is -0.350 e. The Balaban J connectivity index is 1.85. The molecule has 3 rings (SSSR count). The van der Waals surface area contributed by atoms with Crippen LogP contribution in [0.5, 0.6) is 0 Å². The van der Waals surface area contributed by atoms with Crippen LogP contribution < -0.4 is 5.32 Å². The fourth-order valence-electron chi connectivity index (χ4n) is 2.57. The number of aryl methyl sites for hydroxylation is 1. The standard InChI is InChI=1S/C13H18N4/c1-9-6-7-17-12(8-9)15-13(16-17)14-11-5-3-4-10(11)2/h6-8,10-11H,3-5H2,1-2H3,(H,14,16). The molecule has 2 aromatic rings. The van der Waals surface area contributed by atoms with Gasteiger partial charge in [-0.1, -0.05) is 13.3 Å². The molecule has 0 aliphatic heterocycles. The van der Waals surface area contributed by atoms with Crippen LogP contribution in [0, 0.1) is 12.8 Å². The van der Waals surface area contributed by atoms with Gasteiger partial charge in [0.05, 0.1) is 0 Å². The summed E-state index contributed by atoms with van der Waals surface area (Å²) < 4.78 is 1.83. The van der Waals surface area contributed by atoms with Gasteiger partial charge in [-0.05, 0) is 43.4 Å². The minimum atomic E-state index is 0.536. The van der Waals surface area contributed by atoms with Crippen LogP contribution in [0.25, 0.3) is 5.65 Å². The molecule has 2 aromatic heterocycles. The summed E-state index contributed by atoms with van der Waals surface area (Å²) >= 11 is 0. The fourth-order valence-corrected chi connectivity index (χ4v) is 2.57. The first-order valence-corrected chi connectivity index (χ1v) is 6.32. The summed E-state index contributed by atoms with van der Waals surface area (Å²) in [4.78, 5) is 4.51. The Kier molecular flexibility index (Phi) is 2.50. The van der Waals surface area contributed by atoms with Gasteiger partial charge < -0.3 is 5.32 Å². The Morgan fingerprint density at radius 2 is 2.29 bits per heavy atom. The van der Waals surface area contributed by atoms with E-state index in [1.807, 2.05) is 16.8 Å². The van der Waals surface area contributed by atoms with Crippen molar-refractivity contribution in [3.05, 3.63) is 23.9 Å². The first kappa shape index (κ1) is 10.6. The average molecular weight is 230 g/mol. The van der Waals surface area contributed by atoms with Crippen LogP contribution in [0.15, 0.2) is 18.3 Å². The molecule has 0 saturated heterocycles. The lowest BCUT2D eigenvalue weighted by Gasteiger charge is -2.15. The molecule has 17 heavy (non-hydrogen) atoms. The van der Waals surface area contributed by atoms with Gasteiger partial charge in [0.2, 0.25) is 5.95 Å². The van der Waals surface area contributed by atoms with Crippen molar-refractivity contribution in [2.45, 2.75) is 39.2 Å². The Morgan fingerprint density at radius 1 is 1.41 bits per heavy atom. The van der Waals surface area contributed by atoms with Crippen LogP contribution >= 0.6 is 0 Å². The van der Waals surface area contributed by atoms with Crippen LogP contribution in [0.3, 0.4) is 0 Å². The summed E-state index contributed by atoms with van der Waals surface area (Å²) in [7, 11) is 0. The zero-order valence-corrected chi connectivity index (χ0v) is 10.3. The maximum absolute atomic E-state index is 4.51. The predicted octanol–water partition coefficient (Wildman–Crippen LogP) is 2.64. The molecule has 4 heteroatoms. The minimum absolute atomic E-state index is 0.536. The second-order valence-electron chi connectivity index (χ2n) is 5.10. The van der Waals surface area contributed by atoms with Gasteiger partial charge in [0, 0.05) is 12.2 Å². The molecule has 1 N–H and O–H groups in total. The molecule has 1 aliphatic rings. The Labute approximate surface area is 101 Å². The maximum Gasteiger partial charge on any atom is 0.243 e. The van der Waals surface area contributed by atoms with Gasteiger partial charge in [0.1, 0.15) is 0 Å². The van der Waals surface area contributed by atoms with Crippen LogP contribution in [-0.2, 0) is 0 Å². The number of aromatic nitrogens is 3. The summed E-state index contributed by atoms with van der Waals surface area (Å²) in [5.41, 5.74) is 2.13.